The highest BCUT2D eigenvalue weighted by Crippen LogP contribution is 2.39. The molecule has 178 valence electrons. The summed E-state index contributed by atoms with van der Waals surface area (Å²) in [5.41, 5.74) is 2.53. The van der Waals surface area contributed by atoms with Crippen LogP contribution in [0, 0.1) is 0 Å². The molecule has 3 rings (SSSR count). The first-order chi connectivity index (χ1) is 16.0. The first-order valence-corrected chi connectivity index (χ1v) is 11.2. The van der Waals surface area contributed by atoms with Crippen LogP contribution in [0.25, 0.3) is 0 Å². The minimum atomic E-state index is -0.0983. The van der Waals surface area contributed by atoms with E-state index in [0.717, 1.165) is 25.1 Å². The second-order valence-electron chi connectivity index (χ2n) is 7.90. The van der Waals surface area contributed by atoms with Crippen LogP contribution in [0.3, 0.4) is 0 Å². The summed E-state index contributed by atoms with van der Waals surface area (Å²) in [6.45, 7) is 5.53. The number of carbonyl (C=O) groups is 2. The van der Waals surface area contributed by atoms with Crippen LogP contribution in [0.1, 0.15) is 29.3 Å². The van der Waals surface area contributed by atoms with Crippen molar-refractivity contribution in [3.63, 3.8) is 0 Å². The van der Waals surface area contributed by atoms with Crippen LogP contribution >= 0.6 is 0 Å². The molecule has 1 saturated heterocycles. The van der Waals surface area contributed by atoms with Crippen molar-refractivity contribution in [2.24, 2.45) is 0 Å². The normalized spacial score (nSPS) is 14.0. The van der Waals surface area contributed by atoms with Gasteiger partial charge in [-0.2, -0.15) is 0 Å². The lowest BCUT2D eigenvalue weighted by Gasteiger charge is -2.34. The van der Waals surface area contributed by atoms with E-state index in [1.807, 2.05) is 29.2 Å². The third-order valence-electron chi connectivity index (χ3n) is 5.87. The number of nitrogens with zero attached hydrogens (tertiary/aromatic N) is 2. The molecule has 0 atom stereocenters. The van der Waals surface area contributed by atoms with E-state index in [4.69, 9.17) is 14.2 Å². The fourth-order valence-electron chi connectivity index (χ4n) is 3.88. The van der Waals surface area contributed by atoms with Crippen molar-refractivity contribution in [2.75, 3.05) is 59.4 Å². The third kappa shape index (κ3) is 6.16. The number of methoxy groups -OCH3 is 3. The summed E-state index contributed by atoms with van der Waals surface area (Å²) in [4.78, 5) is 29.3. The van der Waals surface area contributed by atoms with Gasteiger partial charge in [0.1, 0.15) is 0 Å². The van der Waals surface area contributed by atoms with Crippen LogP contribution < -0.4 is 19.5 Å². The van der Waals surface area contributed by atoms with Crippen molar-refractivity contribution in [1.29, 1.82) is 0 Å². The fraction of sp³-hybridized carbons (Fsp3) is 0.440. The number of ether oxygens (including phenoxy) is 3. The largest absolute Gasteiger partial charge is 0.493 e. The summed E-state index contributed by atoms with van der Waals surface area (Å²) in [6.07, 6.45) is 1.31. The fourth-order valence-corrected chi connectivity index (χ4v) is 3.88. The molecule has 0 unspecified atom stereocenters. The molecule has 0 spiro atoms. The van der Waals surface area contributed by atoms with E-state index in [9.17, 15) is 9.59 Å². The van der Waals surface area contributed by atoms with Crippen LogP contribution in [0.2, 0.25) is 0 Å². The molecule has 0 aromatic heterocycles. The van der Waals surface area contributed by atoms with E-state index in [-0.39, 0.29) is 11.8 Å². The predicted molar refractivity (Wildman–Crippen MR) is 128 cm³/mol. The Morgan fingerprint density at radius 1 is 0.909 bits per heavy atom. The van der Waals surface area contributed by atoms with Crippen LogP contribution in [0.4, 0.5) is 5.69 Å². The van der Waals surface area contributed by atoms with Crippen molar-refractivity contribution in [3.05, 3.63) is 47.5 Å². The molecule has 1 heterocycles. The average Bonchev–Trinajstić information content (AvgIpc) is 2.86. The Labute approximate surface area is 195 Å². The van der Waals surface area contributed by atoms with Crippen LogP contribution in [0.5, 0.6) is 17.2 Å². The van der Waals surface area contributed by atoms with E-state index in [0.29, 0.717) is 49.0 Å². The number of anilines is 1. The van der Waals surface area contributed by atoms with E-state index >= 15 is 0 Å². The summed E-state index contributed by atoms with van der Waals surface area (Å²) in [5, 5.41) is 2.89. The minimum Gasteiger partial charge on any atom is -0.493 e. The molecule has 0 saturated carbocycles. The minimum absolute atomic E-state index is 0.0671. The van der Waals surface area contributed by atoms with Crippen LogP contribution in [-0.4, -0.2) is 75.7 Å². The van der Waals surface area contributed by atoms with E-state index in [2.05, 4.69) is 17.1 Å². The number of hydrogen-bond donors (Lipinski definition) is 1. The second-order valence-corrected chi connectivity index (χ2v) is 7.90. The van der Waals surface area contributed by atoms with Gasteiger partial charge in [0.05, 0.1) is 21.3 Å². The van der Waals surface area contributed by atoms with Gasteiger partial charge in [-0.15, -0.1) is 0 Å². The number of piperazine rings is 1. The zero-order valence-corrected chi connectivity index (χ0v) is 19.8. The summed E-state index contributed by atoms with van der Waals surface area (Å²) < 4.78 is 16.0. The molecule has 0 radical (unpaired) electrons. The molecule has 1 aliphatic heterocycles. The molecule has 8 nitrogen and oxygen atoms in total. The third-order valence-corrected chi connectivity index (χ3v) is 5.87. The lowest BCUT2D eigenvalue weighted by atomic mass is 10.1. The smallest absolute Gasteiger partial charge is 0.253 e. The molecule has 8 heteroatoms. The van der Waals surface area contributed by atoms with Gasteiger partial charge in [-0.3, -0.25) is 14.5 Å². The van der Waals surface area contributed by atoms with E-state index in [1.165, 1.54) is 26.9 Å². The topological polar surface area (TPSA) is 80.3 Å². The molecule has 1 aliphatic rings. The number of aryl methyl sites for hydroxylation is 1. The number of benzene rings is 2. The van der Waals surface area contributed by atoms with Crippen molar-refractivity contribution >= 4 is 17.5 Å². The SMILES string of the molecule is CCc1ccc(C(=O)N2CCN(CCC(=O)Nc3cc(OC)c(OC)c(OC)c3)CC2)cc1. The van der Waals surface area contributed by atoms with Gasteiger partial charge in [0.2, 0.25) is 11.7 Å². The number of carbonyl (C=O) groups excluding carboxylic acids is 2. The number of nitrogens with one attached hydrogen (secondary N) is 1. The van der Waals surface area contributed by atoms with Gasteiger partial charge in [0, 0.05) is 62.5 Å². The Morgan fingerprint density at radius 3 is 2.03 bits per heavy atom. The Morgan fingerprint density at radius 2 is 1.52 bits per heavy atom. The number of hydrogen-bond acceptors (Lipinski definition) is 6. The average molecular weight is 456 g/mol. The molecule has 2 aromatic rings. The van der Waals surface area contributed by atoms with Gasteiger partial charge in [-0.1, -0.05) is 19.1 Å². The zero-order chi connectivity index (χ0) is 23.8. The molecule has 33 heavy (non-hydrogen) atoms. The summed E-state index contributed by atoms with van der Waals surface area (Å²) in [5.74, 6) is 1.41. The molecule has 2 amide bonds. The Balaban J connectivity index is 1.47. The lowest BCUT2D eigenvalue weighted by molar-refractivity contribution is -0.116. The van der Waals surface area contributed by atoms with Crippen molar-refractivity contribution in [3.8, 4) is 17.2 Å². The predicted octanol–water partition coefficient (Wildman–Crippen LogP) is 3.06. The Kier molecular flexibility index (Phi) is 8.54. The molecular formula is C25H33N3O5. The number of rotatable bonds is 9. The van der Waals surface area contributed by atoms with Crippen molar-refractivity contribution in [2.45, 2.75) is 19.8 Å². The highest BCUT2D eigenvalue weighted by Gasteiger charge is 2.22. The van der Waals surface area contributed by atoms with E-state index < -0.39 is 0 Å². The maximum absolute atomic E-state index is 12.7. The molecule has 1 N–H and O–H groups in total. The van der Waals surface area contributed by atoms with Gasteiger partial charge in [0.25, 0.3) is 5.91 Å². The maximum Gasteiger partial charge on any atom is 0.253 e. The van der Waals surface area contributed by atoms with Gasteiger partial charge in [0.15, 0.2) is 11.5 Å². The van der Waals surface area contributed by atoms with Gasteiger partial charge in [-0.25, -0.2) is 0 Å². The number of amides is 2. The summed E-state index contributed by atoms with van der Waals surface area (Å²) in [6, 6.07) is 11.2. The first-order valence-electron chi connectivity index (χ1n) is 11.2. The zero-order valence-electron chi connectivity index (χ0n) is 19.8. The highest BCUT2D eigenvalue weighted by atomic mass is 16.5. The molecule has 0 aliphatic carbocycles. The van der Waals surface area contributed by atoms with Gasteiger partial charge in [-0.05, 0) is 24.1 Å². The maximum atomic E-state index is 12.7. The monoisotopic (exact) mass is 455 g/mol. The molecular weight excluding hydrogens is 422 g/mol. The quantitative estimate of drug-likeness (QED) is 0.626. The van der Waals surface area contributed by atoms with Crippen LogP contribution in [0.15, 0.2) is 36.4 Å². The molecule has 2 aromatic carbocycles. The summed E-state index contributed by atoms with van der Waals surface area (Å²) in [7, 11) is 4.61. The lowest BCUT2D eigenvalue weighted by Crippen LogP contribution is -2.49. The molecule has 1 fully saturated rings. The first kappa shape index (κ1) is 24.4. The highest BCUT2D eigenvalue weighted by molar-refractivity contribution is 5.94. The summed E-state index contributed by atoms with van der Waals surface area (Å²) >= 11 is 0. The van der Waals surface area contributed by atoms with E-state index in [1.54, 1.807) is 12.1 Å². The van der Waals surface area contributed by atoms with Gasteiger partial charge < -0.3 is 24.4 Å². The second kappa shape index (κ2) is 11.6. The van der Waals surface area contributed by atoms with Crippen molar-refractivity contribution < 1.29 is 23.8 Å². The Hall–Kier alpha value is -3.26. The molecule has 0 bridgehead atoms. The van der Waals surface area contributed by atoms with Crippen LogP contribution in [-0.2, 0) is 11.2 Å². The standard InChI is InChI=1S/C25H33N3O5/c1-5-18-6-8-19(9-7-18)25(30)28-14-12-27(13-15-28)11-10-23(29)26-20-16-21(31-2)24(33-4)22(17-20)32-3/h6-9,16-17H,5,10-15H2,1-4H3,(H,26,29). The van der Waals surface area contributed by atoms with Gasteiger partial charge >= 0.3 is 0 Å². The van der Waals surface area contributed by atoms with Crippen molar-refractivity contribution in [1.82, 2.24) is 9.80 Å². The Bertz CT molecular complexity index is 928.